The zero-order chi connectivity index (χ0) is 22.0. The molecule has 2 aromatic heterocycles. The third-order valence-corrected chi connectivity index (χ3v) is 6.54. The van der Waals surface area contributed by atoms with Gasteiger partial charge < -0.3 is 9.64 Å². The third kappa shape index (κ3) is 5.48. The number of piperidine rings is 1. The van der Waals surface area contributed by atoms with Crippen LogP contribution in [0.4, 0.5) is 9.93 Å². The first-order chi connectivity index (χ1) is 14.8. The Labute approximate surface area is 188 Å². The Balaban J connectivity index is 1.35. The van der Waals surface area contributed by atoms with Crippen LogP contribution in [0.3, 0.4) is 0 Å². The first kappa shape index (κ1) is 21.5. The molecule has 162 valence electrons. The van der Waals surface area contributed by atoms with E-state index in [1.54, 1.807) is 11.1 Å². The molecule has 0 radical (unpaired) electrons. The normalized spacial score (nSPS) is 14.5. The highest BCUT2D eigenvalue weighted by Gasteiger charge is 2.24. The van der Waals surface area contributed by atoms with Crippen molar-refractivity contribution >= 4 is 56.1 Å². The van der Waals surface area contributed by atoms with Crippen molar-refractivity contribution in [3.63, 3.8) is 0 Å². The van der Waals surface area contributed by atoms with Crippen LogP contribution in [0.2, 0.25) is 0 Å². The number of carbonyl (C=O) groups excluding carboxylic acids is 2. The summed E-state index contributed by atoms with van der Waals surface area (Å²) in [6, 6.07) is 7.78. The summed E-state index contributed by atoms with van der Waals surface area (Å²) in [7, 11) is 0. The van der Waals surface area contributed by atoms with E-state index < -0.39 is 5.60 Å². The van der Waals surface area contributed by atoms with Gasteiger partial charge in [-0.25, -0.2) is 14.8 Å². The van der Waals surface area contributed by atoms with Gasteiger partial charge in [-0.2, -0.15) is 0 Å². The van der Waals surface area contributed by atoms with E-state index in [4.69, 9.17) is 4.74 Å². The first-order valence-electron chi connectivity index (χ1n) is 10.1. The van der Waals surface area contributed by atoms with Crippen molar-refractivity contribution in [2.75, 3.05) is 18.4 Å². The number of aromatic nitrogens is 2. The van der Waals surface area contributed by atoms with Crippen molar-refractivity contribution in [1.29, 1.82) is 0 Å². The van der Waals surface area contributed by atoms with Crippen LogP contribution in [0, 0.1) is 0 Å². The zero-order valence-electron chi connectivity index (χ0n) is 17.7. The van der Waals surface area contributed by atoms with Crippen LogP contribution in [0.15, 0.2) is 36.0 Å². The lowest BCUT2D eigenvalue weighted by Crippen LogP contribution is -2.40. The number of hydrogen-bond donors (Lipinski definition) is 1. The van der Waals surface area contributed by atoms with Crippen LogP contribution in [0.1, 0.15) is 48.3 Å². The number of amides is 2. The summed E-state index contributed by atoms with van der Waals surface area (Å²) in [4.78, 5) is 35.9. The summed E-state index contributed by atoms with van der Waals surface area (Å²) in [5.74, 6) is -0.207. The number of ether oxygens (including phenoxy) is 1. The number of thiazole rings is 2. The lowest BCUT2D eigenvalue weighted by atomic mass is 10.0. The highest BCUT2D eigenvalue weighted by molar-refractivity contribution is 7.22. The fourth-order valence-corrected chi connectivity index (χ4v) is 4.83. The maximum Gasteiger partial charge on any atom is 0.410 e. The SMILES string of the molecule is CC(C)(C)OC(=O)N1CCC(=Cc2ncc(C(=O)Nc3nc4ccccc4s3)s2)CC1. The number of rotatable bonds is 3. The zero-order valence-corrected chi connectivity index (χ0v) is 19.3. The molecule has 1 aliphatic rings. The average molecular weight is 457 g/mol. The topological polar surface area (TPSA) is 84.4 Å². The number of carbonyl (C=O) groups is 2. The number of nitrogens with zero attached hydrogens (tertiary/aromatic N) is 3. The van der Waals surface area contributed by atoms with Crippen molar-refractivity contribution in [3.8, 4) is 0 Å². The van der Waals surface area contributed by atoms with Crippen LogP contribution >= 0.6 is 22.7 Å². The van der Waals surface area contributed by atoms with Gasteiger partial charge in [0.25, 0.3) is 5.91 Å². The highest BCUT2D eigenvalue weighted by atomic mass is 32.1. The maximum absolute atomic E-state index is 12.6. The Kier molecular flexibility index (Phi) is 6.06. The molecule has 31 heavy (non-hydrogen) atoms. The van der Waals surface area contributed by atoms with E-state index in [9.17, 15) is 9.59 Å². The molecule has 0 atom stereocenters. The standard InChI is InChI=1S/C22H24N4O3S2/c1-22(2,3)29-21(28)26-10-8-14(9-11-26)12-18-23-13-17(30-18)19(27)25-20-24-15-6-4-5-7-16(15)31-20/h4-7,12-13H,8-11H2,1-3H3,(H,24,25,27). The van der Waals surface area contributed by atoms with Gasteiger partial charge in [0.05, 0.1) is 16.4 Å². The minimum absolute atomic E-state index is 0.207. The fraction of sp³-hybridized carbons (Fsp3) is 0.364. The van der Waals surface area contributed by atoms with Gasteiger partial charge in [-0.05, 0) is 51.8 Å². The summed E-state index contributed by atoms with van der Waals surface area (Å²) < 4.78 is 6.47. The van der Waals surface area contributed by atoms with Gasteiger partial charge in [-0.15, -0.1) is 11.3 Å². The largest absolute Gasteiger partial charge is 0.444 e. The van der Waals surface area contributed by atoms with Crippen LogP contribution in [-0.2, 0) is 4.74 Å². The average Bonchev–Trinajstić information content (AvgIpc) is 3.33. The van der Waals surface area contributed by atoms with Gasteiger partial charge in [0, 0.05) is 13.1 Å². The minimum atomic E-state index is -0.490. The molecule has 1 aromatic carbocycles. The van der Waals surface area contributed by atoms with Crippen molar-refractivity contribution in [2.45, 2.75) is 39.2 Å². The van der Waals surface area contributed by atoms with E-state index in [0.29, 0.717) is 23.1 Å². The Morgan fingerprint density at radius 3 is 2.61 bits per heavy atom. The molecule has 0 saturated carbocycles. The van der Waals surface area contributed by atoms with Gasteiger partial charge in [0.2, 0.25) is 0 Å². The smallest absolute Gasteiger partial charge is 0.410 e. The monoisotopic (exact) mass is 456 g/mol. The molecule has 0 bridgehead atoms. The van der Waals surface area contributed by atoms with Crippen molar-refractivity contribution in [2.24, 2.45) is 0 Å². The summed E-state index contributed by atoms with van der Waals surface area (Å²) in [6.07, 6.45) is 4.88. The van der Waals surface area contributed by atoms with Gasteiger partial charge >= 0.3 is 6.09 Å². The molecule has 9 heteroatoms. The third-order valence-electron chi connectivity index (χ3n) is 4.65. The van der Waals surface area contributed by atoms with Crippen molar-refractivity contribution < 1.29 is 14.3 Å². The molecule has 3 heterocycles. The number of fused-ring (bicyclic) bond motifs is 1. The molecule has 1 aliphatic heterocycles. The molecule has 0 aliphatic carbocycles. The predicted molar refractivity (Wildman–Crippen MR) is 125 cm³/mol. The Morgan fingerprint density at radius 1 is 1.16 bits per heavy atom. The van der Waals surface area contributed by atoms with Crippen LogP contribution in [0.5, 0.6) is 0 Å². The second-order valence-electron chi connectivity index (χ2n) is 8.27. The molecule has 0 spiro atoms. The lowest BCUT2D eigenvalue weighted by molar-refractivity contribution is 0.0237. The quantitative estimate of drug-likeness (QED) is 0.569. The molecular formula is C22H24N4O3S2. The van der Waals surface area contributed by atoms with E-state index in [1.807, 2.05) is 51.1 Å². The number of benzene rings is 1. The molecular weight excluding hydrogens is 432 g/mol. The van der Waals surface area contributed by atoms with E-state index in [1.165, 1.54) is 28.2 Å². The highest BCUT2D eigenvalue weighted by Crippen LogP contribution is 2.27. The van der Waals surface area contributed by atoms with Gasteiger partial charge in [-0.3, -0.25) is 10.1 Å². The lowest BCUT2D eigenvalue weighted by Gasteiger charge is -2.30. The minimum Gasteiger partial charge on any atom is -0.444 e. The molecule has 3 aromatic rings. The Hall–Kier alpha value is -2.78. The molecule has 4 rings (SSSR count). The molecule has 1 fully saturated rings. The Morgan fingerprint density at radius 2 is 1.90 bits per heavy atom. The molecule has 1 N–H and O–H groups in total. The van der Waals surface area contributed by atoms with Crippen LogP contribution < -0.4 is 5.32 Å². The predicted octanol–water partition coefficient (Wildman–Crippen LogP) is 5.42. The van der Waals surface area contributed by atoms with E-state index in [2.05, 4.69) is 15.3 Å². The summed E-state index contributed by atoms with van der Waals surface area (Å²) in [6.45, 7) is 6.85. The van der Waals surface area contributed by atoms with Crippen LogP contribution in [-0.4, -0.2) is 45.6 Å². The number of para-hydroxylation sites is 1. The number of nitrogens with one attached hydrogen (secondary N) is 1. The summed E-state index contributed by atoms with van der Waals surface area (Å²) in [5, 5.41) is 4.23. The molecule has 7 nitrogen and oxygen atoms in total. The second kappa shape index (κ2) is 8.76. The van der Waals surface area contributed by atoms with Gasteiger partial charge in [-0.1, -0.05) is 29.0 Å². The fourth-order valence-electron chi connectivity index (χ4n) is 3.17. The number of likely N-dealkylation sites (tertiary alicyclic amines) is 1. The number of anilines is 1. The van der Waals surface area contributed by atoms with Crippen LogP contribution in [0.25, 0.3) is 16.3 Å². The van der Waals surface area contributed by atoms with Crippen molar-refractivity contribution in [3.05, 3.63) is 45.9 Å². The summed E-state index contributed by atoms with van der Waals surface area (Å²) in [5.41, 5.74) is 1.60. The van der Waals surface area contributed by atoms with E-state index in [-0.39, 0.29) is 12.0 Å². The van der Waals surface area contributed by atoms with Gasteiger partial charge in [0.1, 0.15) is 15.5 Å². The second-order valence-corrected chi connectivity index (χ2v) is 10.4. The molecule has 2 amide bonds. The Bertz CT molecular complexity index is 1100. The van der Waals surface area contributed by atoms with Crippen molar-refractivity contribution in [1.82, 2.24) is 14.9 Å². The molecule has 1 saturated heterocycles. The first-order valence-corrected chi connectivity index (χ1v) is 11.7. The number of hydrogen-bond acceptors (Lipinski definition) is 7. The summed E-state index contributed by atoms with van der Waals surface area (Å²) >= 11 is 2.80. The molecule has 0 unspecified atom stereocenters. The van der Waals surface area contributed by atoms with Gasteiger partial charge in [0.15, 0.2) is 5.13 Å². The maximum atomic E-state index is 12.6. The van der Waals surface area contributed by atoms with E-state index >= 15 is 0 Å². The van der Waals surface area contributed by atoms with E-state index in [0.717, 1.165) is 28.1 Å².